The number of aryl methyl sites for hydroxylation is 4. The third-order valence-corrected chi connectivity index (χ3v) is 6.05. The van der Waals surface area contributed by atoms with Crippen molar-refractivity contribution < 1.29 is 19.1 Å². The Hall–Kier alpha value is -3.39. The Bertz CT molecular complexity index is 1150. The Labute approximate surface area is 191 Å². The number of carbonyl (C=O) groups is 2. The SMILES string of the molecule is COc1ccc(CC(=O)Nc2nc(C)c(C(=O)Nc3c(C)cc(C)cc3C)s2)cc1OC. The maximum Gasteiger partial charge on any atom is 0.267 e. The third kappa shape index (κ3) is 5.26. The third-order valence-electron chi connectivity index (χ3n) is 4.98. The smallest absolute Gasteiger partial charge is 0.267 e. The molecule has 8 heteroatoms. The van der Waals surface area contributed by atoms with Crippen molar-refractivity contribution in [1.29, 1.82) is 0 Å². The number of thiazole rings is 1. The molecule has 0 aliphatic heterocycles. The number of aromatic nitrogens is 1. The molecule has 0 saturated carbocycles. The van der Waals surface area contributed by atoms with Crippen LogP contribution in [0.25, 0.3) is 0 Å². The lowest BCUT2D eigenvalue weighted by atomic mass is 10.1. The van der Waals surface area contributed by atoms with Gasteiger partial charge in [-0.05, 0) is 56.5 Å². The highest BCUT2D eigenvalue weighted by molar-refractivity contribution is 7.17. The second-order valence-corrected chi connectivity index (χ2v) is 8.57. The zero-order valence-corrected chi connectivity index (χ0v) is 19.9. The van der Waals surface area contributed by atoms with E-state index in [0.717, 1.165) is 39.3 Å². The van der Waals surface area contributed by atoms with E-state index in [0.29, 0.717) is 27.2 Å². The van der Waals surface area contributed by atoms with Gasteiger partial charge >= 0.3 is 0 Å². The summed E-state index contributed by atoms with van der Waals surface area (Å²) in [4.78, 5) is 30.2. The van der Waals surface area contributed by atoms with Crippen LogP contribution in [0.3, 0.4) is 0 Å². The quantitative estimate of drug-likeness (QED) is 0.535. The molecular formula is C24H27N3O4S. The van der Waals surface area contributed by atoms with Crippen LogP contribution in [0.15, 0.2) is 30.3 Å². The van der Waals surface area contributed by atoms with Crippen LogP contribution in [0.2, 0.25) is 0 Å². The van der Waals surface area contributed by atoms with E-state index in [2.05, 4.69) is 15.6 Å². The second kappa shape index (κ2) is 9.82. The van der Waals surface area contributed by atoms with Crippen LogP contribution in [0.5, 0.6) is 11.5 Å². The Morgan fingerprint density at radius 3 is 2.22 bits per heavy atom. The highest BCUT2D eigenvalue weighted by atomic mass is 32.1. The summed E-state index contributed by atoms with van der Waals surface area (Å²) in [5.41, 5.74) is 5.29. The molecule has 1 heterocycles. The molecule has 3 rings (SSSR count). The van der Waals surface area contributed by atoms with Gasteiger partial charge in [-0.1, -0.05) is 35.1 Å². The number of carbonyl (C=O) groups excluding carboxylic acids is 2. The van der Waals surface area contributed by atoms with Crippen molar-refractivity contribution in [2.24, 2.45) is 0 Å². The summed E-state index contributed by atoms with van der Waals surface area (Å²) in [6.07, 6.45) is 0.141. The first kappa shape index (κ1) is 23.3. The molecule has 168 valence electrons. The van der Waals surface area contributed by atoms with Crippen molar-refractivity contribution in [3.05, 3.63) is 63.2 Å². The predicted molar refractivity (Wildman–Crippen MR) is 127 cm³/mol. The summed E-state index contributed by atoms with van der Waals surface area (Å²) in [6, 6.07) is 9.38. The number of rotatable bonds is 7. The van der Waals surface area contributed by atoms with Crippen LogP contribution in [-0.2, 0) is 11.2 Å². The maximum atomic E-state index is 12.9. The normalized spacial score (nSPS) is 10.6. The van der Waals surface area contributed by atoms with Crippen molar-refractivity contribution in [2.45, 2.75) is 34.1 Å². The highest BCUT2D eigenvalue weighted by Gasteiger charge is 2.18. The van der Waals surface area contributed by atoms with Gasteiger partial charge in [-0.2, -0.15) is 0 Å². The van der Waals surface area contributed by atoms with Crippen molar-refractivity contribution in [2.75, 3.05) is 24.9 Å². The zero-order chi connectivity index (χ0) is 23.4. The fourth-order valence-corrected chi connectivity index (χ4v) is 4.43. The van der Waals surface area contributed by atoms with Crippen molar-refractivity contribution in [3.8, 4) is 11.5 Å². The highest BCUT2D eigenvalue weighted by Crippen LogP contribution is 2.29. The van der Waals surface area contributed by atoms with Crippen LogP contribution in [0.1, 0.15) is 37.6 Å². The topological polar surface area (TPSA) is 89.5 Å². The number of nitrogens with zero attached hydrogens (tertiary/aromatic N) is 1. The minimum absolute atomic E-state index is 0.141. The van der Waals surface area contributed by atoms with E-state index in [1.165, 1.54) is 0 Å². The molecule has 0 aliphatic carbocycles. The van der Waals surface area contributed by atoms with Gasteiger partial charge in [-0.25, -0.2) is 4.98 Å². The first-order valence-electron chi connectivity index (χ1n) is 10.1. The molecule has 32 heavy (non-hydrogen) atoms. The van der Waals surface area contributed by atoms with E-state index in [1.807, 2.05) is 32.9 Å². The lowest BCUT2D eigenvalue weighted by Gasteiger charge is -2.12. The second-order valence-electron chi connectivity index (χ2n) is 7.58. The van der Waals surface area contributed by atoms with Gasteiger partial charge in [0.25, 0.3) is 5.91 Å². The molecule has 0 saturated heterocycles. The predicted octanol–water partition coefficient (Wildman–Crippen LogP) is 4.83. The fraction of sp³-hybridized carbons (Fsp3) is 0.292. The fourth-order valence-electron chi connectivity index (χ4n) is 3.55. The molecule has 0 unspecified atom stereocenters. The van der Waals surface area contributed by atoms with Gasteiger partial charge < -0.3 is 20.1 Å². The van der Waals surface area contributed by atoms with Gasteiger partial charge in [0.2, 0.25) is 5.91 Å². The van der Waals surface area contributed by atoms with Crippen molar-refractivity contribution in [1.82, 2.24) is 4.98 Å². The van der Waals surface area contributed by atoms with Gasteiger partial charge in [-0.3, -0.25) is 9.59 Å². The van der Waals surface area contributed by atoms with E-state index in [4.69, 9.17) is 9.47 Å². The number of anilines is 2. The number of amides is 2. The number of hydrogen-bond acceptors (Lipinski definition) is 6. The Morgan fingerprint density at radius 1 is 0.938 bits per heavy atom. The monoisotopic (exact) mass is 453 g/mol. The van der Waals surface area contributed by atoms with Gasteiger partial charge in [0.15, 0.2) is 16.6 Å². The molecule has 7 nitrogen and oxygen atoms in total. The van der Waals surface area contributed by atoms with E-state index in [1.54, 1.807) is 39.3 Å². The Kier molecular flexibility index (Phi) is 7.15. The molecule has 0 bridgehead atoms. The largest absolute Gasteiger partial charge is 0.493 e. The standard InChI is InChI=1S/C24H27N3O4S/c1-13-9-14(2)21(15(3)10-13)27-23(29)22-16(4)25-24(32-22)26-20(28)12-17-7-8-18(30-5)19(11-17)31-6/h7-11H,12H2,1-6H3,(H,27,29)(H,25,26,28). The average Bonchev–Trinajstić information content (AvgIpc) is 3.10. The lowest BCUT2D eigenvalue weighted by molar-refractivity contribution is -0.115. The van der Waals surface area contributed by atoms with Gasteiger partial charge in [0, 0.05) is 5.69 Å². The molecular weight excluding hydrogens is 426 g/mol. The van der Waals surface area contributed by atoms with E-state index in [-0.39, 0.29) is 18.2 Å². The maximum absolute atomic E-state index is 12.9. The van der Waals surface area contributed by atoms with Crippen molar-refractivity contribution >= 4 is 34.0 Å². The molecule has 2 N–H and O–H groups in total. The van der Waals surface area contributed by atoms with Gasteiger partial charge in [0.1, 0.15) is 4.88 Å². The molecule has 3 aromatic rings. The molecule has 0 aliphatic rings. The van der Waals surface area contributed by atoms with Gasteiger partial charge in [0.05, 0.1) is 26.3 Å². The summed E-state index contributed by atoms with van der Waals surface area (Å²) < 4.78 is 10.5. The number of nitrogens with one attached hydrogen (secondary N) is 2. The van der Waals surface area contributed by atoms with Crippen molar-refractivity contribution in [3.63, 3.8) is 0 Å². The molecule has 0 atom stereocenters. The van der Waals surface area contributed by atoms with Crippen LogP contribution >= 0.6 is 11.3 Å². The molecule has 0 spiro atoms. The van der Waals surface area contributed by atoms with Crippen LogP contribution in [0, 0.1) is 27.7 Å². The molecule has 1 aromatic heterocycles. The van der Waals surface area contributed by atoms with E-state index >= 15 is 0 Å². The first-order chi connectivity index (χ1) is 15.2. The summed E-state index contributed by atoms with van der Waals surface area (Å²) in [6.45, 7) is 7.71. The average molecular weight is 454 g/mol. The summed E-state index contributed by atoms with van der Waals surface area (Å²) in [7, 11) is 3.11. The first-order valence-corrected chi connectivity index (χ1v) is 10.9. The van der Waals surface area contributed by atoms with Crippen LogP contribution < -0.4 is 20.1 Å². The lowest BCUT2D eigenvalue weighted by Crippen LogP contribution is -2.14. The van der Waals surface area contributed by atoms with E-state index < -0.39 is 0 Å². The van der Waals surface area contributed by atoms with Crippen LogP contribution in [-0.4, -0.2) is 31.0 Å². The number of ether oxygens (including phenoxy) is 2. The van der Waals surface area contributed by atoms with E-state index in [9.17, 15) is 9.59 Å². The number of benzene rings is 2. The summed E-state index contributed by atoms with van der Waals surface area (Å²) in [5.74, 6) is 0.684. The molecule has 2 aromatic carbocycles. The minimum Gasteiger partial charge on any atom is -0.493 e. The Morgan fingerprint density at radius 2 is 1.59 bits per heavy atom. The summed E-state index contributed by atoms with van der Waals surface area (Å²) >= 11 is 1.15. The Balaban J connectivity index is 1.70. The number of hydrogen-bond donors (Lipinski definition) is 2. The number of methoxy groups -OCH3 is 2. The van der Waals surface area contributed by atoms with Gasteiger partial charge in [-0.15, -0.1) is 0 Å². The molecule has 2 amide bonds. The summed E-state index contributed by atoms with van der Waals surface area (Å²) in [5, 5.41) is 6.15. The zero-order valence-electron chi connectivity index (χ0n) is 19.1. The molecule has 0 fully saturated rings. The minimum atomic E-state index is -0.240. The van der Waals surface area contributed by atoms with Crippen LogP contribution in [0.4, 0.5) is 10.8 Å². The molecule has 0 radical (unpaired) electrons.